The molecule has 4 rings (SSSR count). The van der Waals surface area contributed by atoms with Gasteiger partial charge in [0.2, 0.25) is 5.91 Å². The highest BCUT2D eigenvalue weighted by atomic mass is 16.3. The maximum Gasteiger partial charge on any atom is 0.223 e. The Morgan fingerprint density at radius 1 is 1.17 bits per heavy atom. The molecule has 0 saturated carbocycles. The van der Waals surface area contributed by atoms with Crippen LogP contribution < -0.4 is 0 Å². The molecule has 1 N–H and O–H groups in total. The molecular weight excluding hydrogens is 364 g/mol. The second-order valence-corrected chi connectivity index (χ2v) is 9.51. The lowest BCUT2D eigenvalue weighted by molar-refractivity contribution is -0.155. The van der Waals surface area contributed by atoms with E-state index in [4.69, 9.17) is 0 Å². The van der Waals surface area contributed by atoms with E-state index in [1.54, 1.807) is 6.92 Å². The molecule has 3 fully saturated rings. The lowest BCUT2D eigenvalue weighted by atomic mass is 9.72. The molecule has 0 aliphatic carbocycles. The Bertz CT molecular complexity index is 820. The number of carbonyl (C=O) groups excluding carboxylic acids is 2. The van der Waals surface area contributed by atoms with Crippen LogP contribution in [0.2, 0.25) is 0 Å². The number of hydrogen-bond donors (Lipinski definition) is 1. The molecule has 4 atom stereocenters. The molecule has 1 amide bonds. The van der Waals surface area contributed by atoms with E-state index in [0.29, 0.717) is 18.3 Å². The molecule has 1 aromatic carbocycles. The first-order valence-electron chi connectivity index (χ1n) is 11.1. The fraction of sp³-hybridized carbons (Fsp3) is 0.667. The fourth-order valence-corrected chi connectivity index (χ4v) is 6.47. The molecule has 0 spiro atoms. The smallest absolute Gasteiger partial charge is 0.223 e. The van der Waals surface area contributed by atoms with Crippen LogP contribution in [0.4, 0.5) is 0 Å². The Kier molecular flexibility index (Phi) is 5.56. The summed E-state index contributed by atoms with van der Waals surface area (Å²) in [6.45, 7) is 10.7. The molecule has 3 aliphatic heterocycles. The fourth-order valence-electron chi connectivity index (χ4n) is 6.47. The third-order valence-electron chi connectivity index (χ3n) is 7.62. The summed E-state index contributed by atoms with van der Waals surface area (Å²) < 4.78 is 0. The molecule has 3 aliphatic rings. The van der Waals surface area contributed by atoms with Crippen LogP contribution in [0.3, 0.4) is 0 Å². The maximum absolute atomic E-state index is 12.6. The Morgan fingerprint density at radius 3 is 2.59 bits per heavy atom. The number of likely N-dealkylation sites (tertiary alicyclic amines) is 1. The van der Waals surface area contributed by atoms with Crippen LogP contribution >= 0.6 is 0 Å². The predicted octanol–water partition coefficient (Wildman–Crippen LogP) is 3.01. The standard InChI is InChI=1S/C24H34N2O3/c1-14-8-15(2)24(17(4)28)16(3)20(14)12-25-10-18-9-19(11-25)22(13-27)26-21(18)6-5-7-23(26)29/h8,18-19,21-22,27H,5-7,9-13H2,1-4H3/t18-,19+,21+,22+/m1/s1. The second kappa shape index (κ2) is 7.84. The molecule has 0 radical (unpaired) electrons. The van der Waals surface area contributed by atoms with Gasteiger partial charge in [0, 0.05) is 37.7 Å². The quantitative estimate of drug-likeness (QED) is 0.792. The van der Waals surface area contributed by atoms with Crippen molar-refractivity contribution >= 4 is 11.7 Å². The number of fused-ring (bicyclic) bond motifs is 4. The number of aliphatic hydroxyl groups excluding tert-OH is 1. The SMILES string of the molecule is CC(=O)c1c(C)cc(C)c(CN2C[C@H]3C[C@@H](C2)[C@H](CO)N2C(=O)CCC[C@@H]32)c1C. The van der Waals surface area contributed by atoms with Gasteiger partial charge in [-0.3, -0.25) is 14.5 Å². The van der Waals surface area contributed by atoms with Gasteiger partial charge in [0.05, 0.1) is 12.6 Å². The van der Waals surface area contributed by atoms with Crippen LogP contribution in [-0.2, 0) is 11.3 Å². The first kappa shape index (κ1) is 20.5. The Hall–Kier alpha value is -1.72. The Morgan fingerprint density at radius 2 is 1.90 bits per heavy atom. The minimum atomic E-state index is -0.0418. The van der Waals surface area contributed by atoms with Gasteiger partial charge in [-0.15, -0.1) is 0 Å². The Labute approximate surface area is 174 Å². The van der Waals surface area contributed by atoms with Gasteiger partial charge in [-0.05, 0) is 81.0 Å². The van der Waals surface area contributed by atoms with Gasteiger partial charge in [-0.2, -0.15) is 0 Å². The zero-order chi connectivity index (χ0) is 20.9. The van der Waals surface area contributed by atoms with Gasteiger partial charge in [0.15, 0.2) is 5.78 Å². The van der Waals surface area contributed by atoms with E-state index in [-0.39, 0.29) is 30.4 Å². The number of benzene rings is 1. The average Bonchev–Trinajstić information content (AvgIpc) is 2.65. The highest BCUT2D eigenvalue weighted by Crippen LogP contribution is 2.42. The van der Waals surface area contributed by atoms with Crippen molar-refractivity contribution in [3.05, 3.63) is 33.9 Å². The largest absolute Gasteiger partial charge is 0.394 e. The molecule has 0 unspecified atom stereocenters. The average molecular weight is 399 g/mol. The molecule has 2 bridgehead atoms. The van der Waals surface area contributed by atoms with E-state index < -0.39 is 0 Å². The summed E-state index contributed by atoms with van der Waals surface area (Å²) in [6, 6.07) is 2.38. The van der Waals surface area contributed by atoms with Crippen molar-refractivity contribution < 1.29 is 14.7 Å². The molecule has 3 heterocycles. The predicted molar refractivity (Wildman–Crippen MR) is 113 cm³/mol. The summed E-state index contributed by atoms with van der Waals surface area (Å²) in [5.41, 5.74) is 5.54. The summed E-state index contributed by atoms with van der Waals surface area (Å²) in [5.74, 6) is 1.18. The number of aryl methyl sites for hydroxylation is 2. The van der Waals surface area contributed by atoms with E-state index in [2.05, 4.69) is 29.7 Å². The van der Waals surface area contributed by atoms with E-state index in [1.165, 1.54) is 11.1 Å². The number of piperidine rings is 3. The number of nitrogens with zero attached hydrogens (tertiary/aromatic N) is 2. The van der Waals surface area contributed by atoms with E-state index >= 15 is 0 Å². The zero-order valence-electron chi connectivity index (χ0n) is 18.2. The van der Waals surface area contributed by atoms with Crippen molar-refractivity contribution in [3.63, 3.8) is 0 Å². The molecular formula is C24H34N2O3. The van der Waals surface area contributed by atoms with Crippen LogP contribution in [0.5, 0.6) is 0 Å². The maximum atomic E-state index is 12.6. The van der Waals surface area contributed by atoms with Crippen LogP contribution in [0, 0.1) is 32.6 Å². The Balaban J connectivity index is 1.61. The zero-order valence-corrected chi connectivity index (χ0v) is 18.2. The van der Waals surface area contributed by atoms with E-state index in [9.17, 15) is 14.7 Å². The third-order valence-corrected chi connectivity index (χ3v) is 7.62. The second-order valence-electron chi connectivity index (χ2n) is 9.51. The van der Waals surface area contributed by atoms with Gasteiger partial charge in [-0.1, -0.05) is 6.07 Å². The highest BCUT2D eigenvalue weighted by Gasteiger charge is 2.49. The van der Waals surface area contributed by atoms with Gasteiger partial charge >= 0.3 is 0 Å². The molecule has 3 saturated heterocycles. The molecule has 5 nitrogen and oxygen atoms in total. The number of ketones is 1. The summed E-state index contributed by atoms with van der Waals surface area (Å²) in [7, 11) is 0. The number of rotatable bonds is 4. The molecule has 5 heteroatoms. The van der Waals surface area contributed by atoms with Gasteiger partial charge < -0.3 is 10.0 Å². The van der Waals surface area contributed by atoms with Crippen molar-refractivity contribution in [2.75, 3.05) is 19.7 Å². The first-order chi connectivity index (χ1) is 13.8. The lowest BCUT2D eigenvalue weighted by Crippen LogP contribution is -2.65. The first-order valence-corrected chi connectivity index (χ1v) is 11.1. The van der Waals surface area contributed by atoms with E-state index in [0.717, 1.165) is 55.6 Å². The summed E-state index contributed by atoms with van der Waals surface area (Å²) in [5, 5.41) is 10.1. The number of hydrogen-bond acceptors (Lipinski definition) is 4. The molecule has 0 aromatic heterocycles. The number of carbonyl (C=O) groups is 2. The van der Waals surface area contributed by atoms with Crippen LogP contribution in [0.25, 0.3) is 0 Å². The molecule has 158 valence electrons. The normalized spacial score (nSPS) is 29.7. The van der Waals surface area contributed by atoms with Crippen LogP contribution in [0.1, 0.15) is 65.2 Å². The number of aliphatic hydroxyl groups is 1. The third kappa shape index (κ3) is 3.53. The monoisotopic (exact) mass is 398 g/mol. The minimum Gasteiger partial charge on any atom is -0.394 e. The van der Waals surface area contributed by atoms with Crippen molar-refractivity contribution in [1.29, 1.82) is 0 Å². The molecule has 1 aromatic rings. The highest BCUT2D eigenvalue weighted by molar-refractivity contribution is 5.97. The van der Waals surface area contributed by atoms with E-state index in [1.807, 2.05) is 6.92 Å². The minimum absolute atomic E-state index is 0.0418. The van der Waals surface area contributed by atoms with Crippen LogP contribution in [-0.4, -0.2) is 58.4 Å². The van der Waals surface area contributed by atoms with Gasteiger partial charge in [-0.25, -0.2) is 0 Å². The van der Waals surface area contributed by atoms with Crippen LogP contribution in [0.15, 0.2) is 6.07 Å². The summed E-state index contributed by atoms with van der Waals surface area (Å²) in [6.07, 6.45) is 3.77. The topological polar surface area (TPSA) is 60.9 Å². The van der Waals surface area contributed by atoms with Gasteiger partial charge in [0.25, 0.3) is 0 Å². The van der Waals surface area contributed by atoms with Crippen molar-refractivity contribution in [1.82, 2.24) is 9.80 Å². The van der Waals surface area contributed by atoms with Crippen molar-refractivity contribution in [2.24, 2.45) is 11.8 Å². The molecule has 29 heavy (non-hydrogen) atoms. The van der Waals surface area contributed by atoms with Crippen molar-refractivity contribution in [3.8, 4) is 0 Å². The van der Waals surface area contributed by atoms with Crippen molar-refractivity contribution in [2.45, 2.75) is 72.0 Å². The number of amides is 1. The number of Topliss-reactive ketones (excluding diaryl/α,β-unsaturated/α-hetero) is 1. The van der Waals surface area contributed by atoms with Gasteiger partial charge in [0.1, 0.15) is 0 Å². The lowest BCUT2D eigenvalue weighted by Gasteiger charge is -2.56. The summed E-state index contributed by atoms with van der Waals surface area (Å²) >= 11 is 0. The summed E-state index contributed by atoms with van der Waals surface area (Å²) in [4.78, 5) is 29.3.